The molecule has 0 bridgehead atoms. The summed E-state index contributed by atoms with van der Waals surface area (Å²) < 4.78 is 52.8. The molecule has 0 aliphatic rings. The molecule has 0 fully saturated rings. The van der Waals surface area contributed by atoms with Gasteiger partial charge in [-0.1, -0.05) is 54.6 Å². The molecule has 3 aromatic carbocycles. The molecule has 172 valence electrons. The number of hydrogen-bond donors (Lipinski definition) is 2. The van der Waals surface area contributed by atoms with Crippen LogP contribution in [0.2, 0.25) is 0 Å². The van der Waals surface area contributed by atoms with Crippen LogP contribution in [0.4, 0.5) is 0 Å². The quantitative estimate of drug-likeness (QED) is 0.221. The monoisotopic (exact) mass is 516 g/mol. The summed E-state index contributed by atoms with van der Waals surface area (Å²) in [6, 6.07) is 25.4. The van der Waals surface area contributed by atoms with Crippen LogP contribution in [0.5, 0.6) is 11.5 Å². The van der Waals surface area contributed by atoms with Crippen LogP contribution >= 0.6 is 8.25 Å². The van der Waals surface area contributed by atoms with Gasteiger partial charge < -0.3 is 9.63 Å². The van der Waals surface area contributed by atoms with Gasteiger partial charge in [-0.3, -0.25) is 13.6 Å². The summed E-state index contributed by atoms with van der Waals surface area (Å²) in [6.07, 6.45) is 1.55. The fourth-order valence-corrected chi connectivity index (χ4v) is 4.80. The number of rotatable bonds is 11. The summed E-state index contributed by atoms with van der Waals surface area (Å²) in [5.41, 5.74) is 1.60. The molecule has 2 atom stereocenters. The molecule has 0 aliphatic heterocycles. The molecular weight excluding hydrogens is 490 g/mol. The van der Waals surface area contributed by atoms with Crippen LogP contribution in [-0.4, -0.2) is 74.7 Å². The molecule has 7 nitrogen and oxygen atoms in total. The van der Waals surface area contributed by atoms with Gasteiger partial charge in [-0.05, 0) is 66.6 Å². The van der Waals surface area contributed by atoms with Gasteiger partial charge in [-0.25, -0.2) is 0 Å². The second-order valence-electron chi connectivity index (χ2n) is 7.28. The third-order valence-electron chi connectivity index (χ3n) is 4.78. The predicted molar refractivity (Wildman–Crippen MR) is 130 cm³/mol. The van der Waals surface area contributed by atoms with E-state index in [0.717, 1.165) is 12.0 Å². The molecule has 0 amide bonds. The van der Waals surface area contributed by atoms with E-state index >= 15 is 0 Å². The first-order chi connectivity index (χ1) is 15.3. The maximum absolute atomic E-state index is 11.3. The Kier molecular flexibility index (Phi) is 12.0. The van der Waals surface area contributed by atoms with Gasteiger partial charge in [0.25, 0.3) is 10.1 Å². The fourth-order valence-electron chi connectivity index (χ4n) is 3.26. The number of hydrogen-bond acceptors (Lipinski definition) is 5. The van der Waals surface area contributed by atoms with Crippen LogP contribution in [0.3, 0.4) is 0 Å². The van der Waals surface area contributed by atoms with Crippen molar-refractivity contribution in [3.63, 3.8) is 0 Å². The van der Waals surface area contributed by atoms with E-state index in [9.17, 15) is 13.0 Å². The van der Waals surface area contributed by atoms with Crippen molar-refractivity contribution in [3.05, 3.63) is 95.6 Å². The Morgan fingerprint density at radius 1 is 0.848 bits per heavy atom. The van der Waals surface area contributed by atoms with Gasteiger partial charge in [-0.2, -0.15) is 8.42 Å². The zero-order chi connectivity index (χ0) is 23.0. The molecule has 3 rings (SSSR count). The molecule has 2 N–H and O–H groups in total. The van der Waals surface area contributed by atoms with Gasteiger partial charge in [0.2, 0.25) is 0 Å². The van der Waals surface area contributed by atoms with Gasteiger partial charge in [0.15, 0.2) is 5.44 Å². The minimum atomic E-state index is -4.57. The van der Waals surface area contributed by atoms with Crippen molar-refractivity contribution < 1.29 is 31.7 Å². The third-order valence-corrected chi connectivity index (χ3v) is 6.43. The van der Waals surface area contributed by atoms with E-state index in [-0.39, 0.29) is 57.8 Å². The summed E-state index contributed by atoms with van der Waals surface area (Å²) in [5, 5.41) is 0. The van der Waals surface area contributed by atoms with Crippen LogP contribution in [0.25, 0.3) is 0 Å². The Balaban J connectivity index is 0.00000385. The molecule has 3 aromatic rings. The molecule has 0 radical (unpaired) electrons. The van der Waals surface area contributed by atoms with Crippen molar-refractivity contribution in [2.24, 2.45) is 0 Å². The molecule has 2 unspecified atom stereocenters. The summed E-state index contributed by atoms with van der Waals surface area (Å²) in [7, 11) is -8.05. The van der Waals surface area contributed by atoms with Crippen molar-refractivity contribution in [3.8, 4) is 11.5 Å². The van der Waals surface area contributed by atoms with Gasteiger partial charge in [0, 0.05) is 0 Å². The molecule has 33 heavy (non-hydrogen) atoms. The Morgan fingerprint density at radius 3 is 2.12 bits per heavy atom. The van der Waals surface area contributed by atoms with E-state index < -0.39 is 23.8 Å². The van der Waals surface area contributed by atoms with Crippen molar-refractivity contribution >= 4 is 69.8 Å². The maximum atomic E-state index is 11.3. The Morgan fingerprint density at radius 2 is 1.48 bits per heavy atom. The fraction of sp³-hybridized carbons (Fsp3) is 0.217. The average Bonchev–Trinajstić information content (AvgIpc) is 2.75. The standard InChI is InChI=1S/C23H25O7PS.K.H/c24-31(25)30-23(32(26,27)28)11-5-9-19-8-4-10-22(17-19)29-21-14-12-20(13-15-21)16-18-6-2-1-3-7-18;;/h1-4,6-8,10,12-15,17,23,31H,5,9,11,16H2,(H,24,25)(H,26,27,28);;. The predicted octanol–water partition coefficient (Wildman–Crippen LogP) is 4.36. The average molecular weight is 517 g/mol. The van der Waals surface area contributed by atoms with Gasteiger partial charge >= 0.3 is 59.6 Å². The topological polar surface area (TPSA) is 110 Å². The molecule has 0 spiro atoms. The van der Waals surface area contributed by atoms with Crippen LogP contribution in [0.1, 0.15) is 29.5 Å². The number of ether oxygens (including phenoxy) is 1. The third kappa shape index (κ3) is 10.1. The van der Waals surface area contributed by atoms with E-state index in [1.807, 2.05) is 66.7 Å². The van der Waals surface area contributed by atoms with E-state index in [0.29, 0.717) is 24.3 Å². The second-order valence-corrected chi connectivity index (χ2v) is 9.60. The number of benzene rings is 3. The molecule has 10 heteroatoms. The Hall–Kier alpha value is -0.844. The van der Waals surface area contributed by atoms with E-state index in [1.165, 1.54) is 11.1 Å². The van der Waals surface area contributed by atoms with Crippen molar-refractivity contribution in [2.75, 3.05) is 0 Å². The summed E-state index contributed by atoms with van der Waals surface area (Å²) >= 11 is 0. The second kappa shape index (κ2) is 13.9. The van der Waals surface area contributed by atoms with Gasteiger partial charge in [0.1, 0.15) is 11.5 Å². The minimum absolute atomic E-state index is 0. The van der Waals surface area contributed by atoms with Crippen LogP contribution in [0.15, 0.2) is 78.9 Å². The normalized spacial score (nSPS) is 13.0. The molecule has 0 aliphatic carbocycles. The summed E-state index contributed by atoms with van der Waals surface area (Å²) in [6.45, 7) is 0. The Bertz CT molecular complexity index is 1140. The molecule has 0 saturated carbocycles. The van der Waals surface area contributed by atoms with E-state index in [2.05, 4.69) is 16.7 Å². The van der Waals surface area contributed by atoms with Crippen molar-refractivity contribution in [1.82, 2.24) is 0 Å². The first-order valence-corrected chi connectivity index (χ1v) is 12.8. The van der Waals surface area contributed by atoms with Gasteiger partial charge in [-0.15, -0.1) is 0 Å². The number of aryl methyl sites for hydroxylation is 1. The zero-order valence-electron chi connectivity index (χ0n) is 17.3. The van der Waals surface area contributed by atoms with Gasteiger partial charge in [0.05, 0.1) is 0 Å². The molecule has 0 saturated heterocycles. The van der Waals surface area contributed by atoms with Crippen molar-refractivity contribution in [2.45, 2.75) is 31.1 Å². The zero-order valence-corrected chi connectivity index (χ0v) is 19.1. The first kappa shape index (κ1) is 28.4. The Labute approximate surface area is 237 Å². The SMILES string of the molecule is O=[PH](O)OC(CCCc1cccc(Oc2ccc(Cc3ccccc3)cc2)c1)S(=O)(=O)O.[KH]. The van der Waals surface area contributed by atoms with E-state index in [4.69, 9.17) is 14.2 Å². The van der Waals surface area contributed by atoms with Crippen LogP contribution < -0.4 is 4.74 Å². The summed E-state index contributed by atoms with van der Waals surface area (Å²) in [5.74, 6) is 1.34. The van der Waals surface area contributed by atoms with Crippen molar-refractivity contribution in [1.29, 1.82) is 0 Å². The summed E-state index contributed by atoms with van der Waals surface area (Å²) in [4.78, 5) is 8.80. The van der Waals surface area contributed by atoms with Crippen LogP contribution in [0, 0.1) is 0 Å². The molecule has 0 aromatic heterocycles. The molecular formula is C23H26KO7PS. The first-order valence-electron chi connectivity index (χ1n) is 10.0. The van der Waals surface area contributed by atoms with E-state index in [1.54, 1.807) is 0 Å². The molecule has 0 heterocycles. The van der Waals surface area contributed by atoms with Crippen LogP contribution in [-0.2, 0) is 32.0 Å².